The van der Waals surface area contributed by atoms with Gasteiger partial charge in [0.05, 0.1) is 29.7 Å². The van der Waals surface area contributed by atoms with Crippen LogP contribution < -0.4 is 9.64 Å². The van der Waals surface area contributed by atoms with Crippen molar-refractivity contribution in [1.82, 2.24) is 9.80 Å². The summed E-state index contributed by atoms with van der Waals surface area (Å²) in [5.74, 6) is -1.29. The van der Waals surface area contributed by atoms with Crippen LogP contribution in [0.25, 0.3) is 0 Å². The topological polar surface area (TPSA) is 151 Å². The first-order chi connectivity index (χ1) is 18.9. The predicted octanol–water partition coefficient (Wildman–Crippen LogP) is 1.82. The molecule has 224 valence electrons. The van der Waals surface area contributed by atoms with Gasteiger partial charge in [0.25, 0.3) is 0 Å². The van der Waals surface area contributed by atoms with Crippen LogP contribution in [0.4, 0.5) is 14.5 Å². The molecule has 4 N–H and O–H groups in total. The van der Waals surface area contributed by atoms with E-state index in [4.69, 9.17) is 24.0 Å². The van der Waals surface area contributed by atoms with E-state index in [1.807, 2.05) is 0 Å². The normalized spacial score (nSPS) is 27.9. The Morgan fingerprint density at radius 2 is 1.55 bits per heavy atom. The maximum absolute atomic E-state index is 14.0. The number of alkyl halides is 1. The number of fused-ring (bicyclic) bond motifs is 1. The fraction of sp³-hybridized carbons (Fsp3) is 0.692. The molecule has 4 fully saturated rings. The smallest absolute Gasteiger partial charge is 0.466 e. The number of anilines is 1. The monoisotopic (exact) mass is 589 g/mol. The molecule has 2 heterocycles. The molecule has 1 aromatic carbocycles. The SMILES string of the molecule is O=C1C2CC(O)C(F)CC2C(=O)N1CCCN1CCN(c2cc(F)ccc2OC2CCCC2)CC1.O=P(O)(O)O. The van der Waals surface area contributed by atoms with Crippen LogP contribution in [0, 0.1) is 17.7 Å². The van der Waals surface area contributed by atoms with Crippen LogP contribution in [-0.4, -0.2) is 99.0 Å². The highest BCUT2D eigenvalue weighted by molar-refractivity contribution is 7.45. The Morgan fingerprint density at radius 1 is 0.950 bits per heavy atom. The standard InChI is InChI=1S/C26H35F2N3O4.H3O4P/c27-17-6-7-24(35-18-4-1-2-5-18)22(14-17)30-12-10-29(11-13-30)8-3-9-31-25(33)19-15-21(28)23(32)16-20(19)26(31)34;1-5(2,3)4/h6-7,14,18-21,23,32H,1-5,8-13,15-16H2;(H3,1,2,3,4). The van der Waals surface area contributed by atoms with E-state index in [-0.39, 0.29) is 36.6 Å². The molecule has 4 atom stereocenters. The minimum Gasteiger partial charge on any atom is -0.488 e. The Labute approximate surface area is 231 Å². The van der Waals surface area contributed by atoms with Crippen molar-refractivity contribution in [3.05, 3.63) is 24.0 Å². The van der Waals surface area contributed by atoms with Gasteiger partial charge in [0, 0.05) is 38.8 Å². The number of ether oxygens (including phenoxy) is 1. The summed E-state index contributed by atoms with van der Waals surface area (Å²) in [7, 11) is -4.64. The summed E-state index contributed by atoms with van der Waals surface area (Å²) in [6.07, 6.45) is 2.66. The van der Waals surface area contributed by atoms with Gasteiger partial charge in [0.2, 0.25) is 11.8 Å². The van der Waals surface area contributed by atoms with Crippen molar-refractivity contribution >= 4 is 25.3 Å². The van der Waals surface area contributed by atoms with Gasteiger partial charge in [-0.05, 0) is 63.6 Å². The summed E-state index contributed by atoms with van der Waals surface area (Å²) in [4.78, 5) is 52.6. The molecule has 40 heavy (non-hydrogen) atoms. The number of benzene rings is 1. The van der Waals surface area contributed by atoms with Gasteiger partial charge in [0.1, 0.15) is 17.7 Å². The fourth-order valence-corrected chi connectivity index (χ4v) is 6.10. The number of phosphoric acid groups is 1. The van der Waals surface area contributed by atoms with Crippen molar-refractivity contribution in [2.75, 3.05) is 44.2 Å². The van der Waals surface area contributed by atoms with E-state index in [9.17, 15) is 23.5 Å². The number of imide groups is 1. The van der Waals surface area contributed by atoms with E-state index < -0.39 is 31.9 Å². The summed E-state index contributed by atoms with van der Waals surface area (Å²) >= 11 is 0. The van der Waals surface area contributed by atoms with Crippen molar-refractivity contribution in [3.63, 3.8) is 0 Å². The zero-order valence-corrected chi connectivity index (χ0v) is 23.2. The molecule has 2 saturated heterocycles. The molecule has 0 spiro atoms. The minimum atomic E-state index is -4.64. The van der Waals surface area contributed by atoms with Crippen molar-refractivity contribution in [2.24, 2.45) is 11.8 Å². The highest BCUT2D eigenvalue weighted by Crippen LogP contribution is 2.39. The van der Waals surface area contributed by atoms with Gasteiger partial charge in [-0.15, -0.1) is 0 Å². The first-order valence-corrected chi connectivity index (χ1v) is 15.4. The lowest BCUT2D eigenvalue weighted by Crippen LogP contribution is -2.47. The van der Waals surface area contributed by atoms with Crippen molar-refractivity contribution in [3.8, 4) is 5.75 Å². The number of halogens is 2. The molecule has 14 heteroatoms. The van der Waals surface area contributed by atoms with Crippen LogP contribution in [0.1, 0.15) is 44.9 Å². The van der Waals surface area contributed by atoms with Crippen molar-refractivity contribution in [2.45, 2.75) is 63.3 Å². The third-order valence-electron chi connectivity index (χ3n) is 8.13. The second kappa shape index (κ2) is 13.2. The number of amides is 2. The van der Waals surface area contributed by atoms with Crippen LogP contribution in [0.2, 0.25) is 0 Å². The molecule has 2 aliphatic carbocycles. The summed E-state index contributed by atoms with van der Waals surface area (Å²) < 4.78 is 43.0. The Morgan fingerprint density at radius 3 is 2.17 bits per heavy atom. The Balaban J connectivity index is 0.000000681. The average molecular weight is 590 g/mol. The number of piperazine rings is 1. The third-order valence-corrected chi connectivity index (χ3v) is 8.13. The maximum Gasteiger partial charge on any atom is 0.466 e. The van der Waals surface area contributed by atoms with Crippen LogP contribution in [0.3, 0.4) is 0 Å². The lowest BCUT2D eigenvalue weighted by Gasteiger charge is -2.37. The van der Waals surface area contributed by atoms with E-state index in [0.717, 1.165) is 57.0 Å². The maximum atomic E-state index is 14.0. The average Bonchev–Trinajstić information content (AvgIpc) is 3.48. The summed E-state index contributed by atoms with van der Waals surface area (Å²) in [5.41, 5.74) is 0.806. The van der Waals surface area contributed by atoms with Gasteiger partial charge < -0.3 is 29.4 Å². The summed E-state index contributed by atoms with van der Waals surface area (Å²) in [6, 6.07) is 4.75. The van der Waals surface area contributed by atoms with Crippen LogP contribution in [0.5, 0.6) is 5.75 Å². The first-order valence-electron chi connectivity index (χ1n) is 13.8. The third kappa shape index (κ3) is 7.98. The zero-order valence-electron chi connectivity index (χ0n) is 22.3. The summed E-state index contributed by atoms with van der Waals surface area (Å²) in [5, 5.41) is 9.77. The van der Waals surface area contributed by atoms with Crippen LogP contribution >= 0.6 is 7.82 Å². The Hall–Kier alpha value is -2.15. The molecule has 5 rings (SSSR count). The number of rotatable bonds is 7. The lowest BCUT2D eigenvalue weighted by molar-refractivity contribution is -0.140. The number of likely N-dealkylation sites (tertiary alicyclic amines) is 1. The Bertz CT molecular complexity index is 1060. The van der Waals surface area contributed by atoms with Crippen molar-refractivity contribution in [1.29, 1.82) is 0 Å². The lowest BCUT2D eigenvalue weighted by atomic mass is 9.78. The highest BCUT2D eigenvalue weighted by atomic mass is 31.2. The molecule has 4 aliphatic rings. The van der Waals surface area contributed by atoms with Gasteiger partial charge in [-0.2, -0.15) is 0 Å². The Kier molecular flexibility index (Phi) is 10.2. The number of hydrogen-bond donors (Lipinski definition) is 4. The van der Waals surface area contributed by atoms with Gasteiger partial charge in [-0.25, -0.2) is 13.3 Å². The zero-order chi connectivity index (χ0) is 29.0. The van der Waals surface area contributed by atoms with Gasteiger partial charge in [0.15, 0.2) is 0 Å². The summed E-state index contributed by atoms with van der Waals surface area (Å²) in [6.45, 7) is 4.13. The molecular formula is C26H38F2N3O8P. The quantitative estimate of drug-likeness (QED) is 0.274. The van der Waals surface area contributed by atoms with E-state index in [2.05, 4.69) is 9.80 Å². The second-order valence-electron chi connectivity index (χ2n) is 10.9. The number of hydrogen-bond acceptors (Lipinski definition) is 7. The number of carbonyl (C=O) groups excluding carboxylic acids is 2. The second-order valence-corrected chi connectivity index (χ2v) is 12.0. The molecule has 11 nitrogen and oxygen atoms in total. The van der Waals surface area contributed by atoms with Gasteiger partial charge >= 0.3 is 7.82 Å². The molecule has 2 aliphatic heterocycles. The largest absolute Gasteiger partial charge is 0.488 e. The first kappa shape index (κ1) is 30.8. The number of aliphatic hydroxyl groups excluding tert-OH is 1. The molecule has 2 saturated carbocycles. The molecular weight excluding hydrogens is 551 g/mol. The van der Waals surface area contributed by atoms with Crippen LogP contribution in [-0.2, 0) is 14.2 Å². The van der Waals surface area contributed by atoms with E-state index in [1.165, 1.54) is 23.8 Å². The number of aliphatic hydroxyl groups is 1. The molecule has 1 aromatic rings. The number of carbonyl (C=O) groups is 2. The van der Waals surface area contributed by atoms with E-state index >= 15 is 0 Å². The van der Waals surface area contributed by atoms with E-state index in [0.29, 0.717) is 13.0 Å². The predicted molar refractivity (Wildman–Crippen MR) is 141 cm³/mol. The fourth-order valence-electron chi connectivity index (χ4n) is 6.10. The van der Waals surface area contributed by atoms with Gasteiger partial charge in [-0.1, -0.05) is 0 Å². The molecule has 0 bridgehead atoms. The molecule has 4 unspecified atom stereocenters. The molecule has 2 amide bonds. The van der Waals surface area contributed by atoms with Crippen LogP contribution in [0.15, 0.2) is 18.2 Å². The molecule has 0 radical (unpaired) electrons. The minimum absolute atomic E-state index is 0.0292. The van der Waals surface area contributed by atoms with E-state index in [1.54, 1.807) is 12.1 Å². The van der Waals surface area contributed by atoms with Gasteiger partial charge in [-0.3, -0.25) is 19.4 Å². The van der Waals surface area contributed by atoms with Crippen molar-refractivity contribution < 1.29 is 47.5 Å². The molecule has 0 aromatic heterocycles. The highest BCUT2D eigenvalue weighted by Gasteiger charge is 2.52. The number of nitrogens with zero attached hydrogens (tertiary/aromatic N) is 3.